The van der Waals surface area contributed by atoms with E-state index in [9.17, 15) is 4.79 Å². The first-order valence-corrected chi connectivity index (χ1v) is 8.51. The Balaban J connectivity index is 2.84. The van der Waals surface area contributed by atoms with E-state index in [1.54, 1.807) is 24.3 Å². The molecule has 106 valence electrons. The normalized spacial score (nSPS) is 11.1. The molecule has 0 unspecified atom stereocenters. The Morgan fingerprint density at radius 3 is 2.47 bits per heavy atom. The van der Waals surface area contributed by atoms with Gasteiger partial charge in [0.05, 0.1) is 13.2 Å². The second-order valence-corrected chi connectivity index (χ2v) is 6.52. The van der Waals surface area contributed by atoms with Gasteiger partial charge in [0.2, 0.25) is 5.91 Å². The van der Waals surface area contributed by atoms with E-state index in [2.05, 4.69) is 5.32 Å². The molecule has 0 aliphatic rings. The maximum Gasteiger partial charge on any atom is 0.380 e. The van der Waals surface area contributed by atoms with Gasteiger partial charge >= 0.3 is 6.72 Å². The summed E-state index contributed by atoms with van der Waals surface area (Å²) in [5.41, 5.74) is 0.638. The summed E-state index contributed by atoms with van der Waals surface area (Å²) in [7, 11) is 0. The van der Waals surface area contributed by atoms with E-state index in [4.69, 9.17) is 25.4 Å². The van der Waals surface area contributed by atoms with Crippen LogP contribution >= 0.6 is 6.72 Å². The lowest BCUT2D eigenvalue weighted by molar-refractivity contribution is -0.114. The predicted molar refractivity (Wildman–Crippen MR) is 78.9 cm³/mol. The van der Waals surface area contributed by atoms with Crippen LogP contribution in [0.2, 0.25) is 0 Å². The zero-order chi connectivity index (χ0) is 14.3. The number of hydrogen-bond donors (Lipinski definition) is 1. The van der Waals surface area contributed by atoms with Gasteiger partial charge in [-0.15, -0.1) is 0 Å². The first-order valence-electron chi connectivity index (χ1n) is 5.95. The lowest BCUT2D eigenvalue weighted by Crippen LogP contribution is -2.06. The van der Waals surface area contributed by atoms with Crippen molar-refractivity contribution >= 4 is 30.1 Å². The first-order chi connectivity index (χ1) is 8.99. The Kier molecular flexibility index (Phi) is 6.45. The largest absolute Gasteiger partial charge is 0.424 e. The van der Waals surface area contributed by atoms with Crippen LogP contribution in [0.1, 0.15) is 20.8 Å². The van der Waals surface area contributed by atoms with Gasteiger partial charge < -0.3 is 9.84 Å². The number of anilines is 1. The third-order valence-electron chi connectivity index (χ3n) is 1.95. The highest BCUT2D eigenvalue weighted by molar-refractivity contribution is 8.07. The highest BCUT2D eigenvalue weighted by Gasteiger charge is 2.21. The molecular formula is C12H18NO4PS. The average molecular weight is 303 g/mol. The Morgan fingerprint density at radius 2 is 1.95 bits per heavy atom. The molecule has 0 atom stereocenters. The molecule has 0 fully saturated rings. The van der Waals surface area contributed by atoms with Crippen molar-refractivity contribution in [2.45, 2.75) is 20.8 Å². The molecule has 1 rings (SSSR count). The van der Waals surface area contributed by atoms with Crippen LogP contribution in [0, 0.1) is 0 Å². The second-order valence-electron chi connectivity index (χ2n) is 3.58. The zero-order valence-corrected chi connectivity index (χ0v) is 12.9. The molecule has 1 aromatic carbocycles. The molecule has 0 radical (unpaired) electrons. The number of nitrogens with one attached hydrogen (secondary N) is 1. The summed E-state index contributed by atoms with van der Waals surface area (Å²) >= 11 is 5.27. The summed E-state index contributed by atoms with van der Waals surface area (Å²) in [6.45, 7) is 3.17. The number of carbonyl (C=O) groups is 1. The molecule has 7 heteroatoms. The van der Waals surface area contributed by atoms with E-state index in [-0.39, 0.29) is 5.91 Å². The van der Waals surface area contributed by atoms with Crippen LogP contribution in [0.5, 0.6) is 5.75 Å². The fraction of sp³-hybridized carbons (Fsp3) is 0.417. The summed E-state index contributed by atoms with van der Waals surface area (Å²) < 4.78 is 16.4. The first kappa shape index (κ1) is 16.1. The van der Waals surface area contributed by atoms with Crippen molar-refractivity contribution in [1.29, 1.82) is 0 Å². The van der Waals surface area contributed by atoms with Crippen molar-refractivity contribution in [3.63, 3.8) is 0 Å². The number of benzene rings is 1. The molecule has 0 spiro atoms. The van der Waals surface area contributed by atoms with E-state index < -0.39 is 6.72 Å². The number of carbonyl (C=O) groups excluding carboxylic acids is 1. The van der Waals surface area contributed by atoms with Crippen molar-refractivity contribution in [2.75, 3.05) is 18.5 Å². The lowest BCUT2D eigenvalue weighted by atomic mass is 10.3. The molecule has 1 amide bonds. The summed E-state index contributed by atoms with van der Waals surface area (Å²) in [5.74, 6) is 0.364. The molecule has 0 heterocycles. The van der Waals surface area contributed by atoms with Gasteiger partial charge in [0.15, 0.2) is 0 Å². The third-order valence-corrected chi connectivity index (χ3v) is 4.39. The molecule has 0 aliphatic carbocycles. The zero-order valence-electron chi connectivity index (χ0n) is 11.2. The Morgan fingerprint density at radius 1 is 1.32 bits per heavy atom. The standard InChI is InChI=1S/C12H18NO4PS/c1-4-15-18(19,16-5-2)17-12-8-6-7-11(9-12)13-10(3)14/h6-9H,4-5H2,1-3H3,(H,13,14). The van der Waals surface area contributed by atoms with Crippen LogP contribution < -0.4 is 9.84 Å². The number of hydrogen-bond acceptors (Lipinski definition) is 5. The van der Waals surface area contributed by atoms with Gasteiger partial charge in [0.25, 0.3) is 0 Å². The fourth-order valence-electron chi connectivity index (χ4n) is 1.37. The number of rotatable bonds is 7. The van der Waals surface area contributed by atoms with E-state index >= 15 is 0 Å². The van der Waals surface area contributed by atoms with Crippen molar-refractivity contribution in [1.82, 2.24) is 0 Å². The summed E-state index contributed by atoms with van der Waals surface area (Å²) in [5, 5.41) is 2.67. The molecule has 0 aromatic heterocycles. The molecule has 1 aromatic rings. The van der Waals surface area contributed by atoms with Crippen LogP contribution in [0.3, 0.4) is 0 Å². The molecular weight excluding hydrogens is 285 g/mol. The van der Waals surface area contributed by atoms with Gasteiger partial charge in [-0.2, -0.15) is 0 Å². The highest BCUT2D eigenvalue weighted by Crippen LogP contribution is 2.49. The summed E-state index contributed by atoms with van der Waals surface area (Å²) in [6, 6.07) is 6.95. The van der Waals surface area contributed by atoms with Gasteiger partial charge in [-0.25, -0.2) is 0 Å². The average Bonchev–Trinajstić information content (AvgIpc) is 2.28. The Hall–Kier alpha value is -0.940. The highest BCUT2D eigenvalue weighted by atomic mass is 32.5. The predicted octanol–water partition coefficient (Wildman–Crippen LogP) is 3.32. The minimum absolute atomic E-state index is 0.147. The van der Waals surface area contributed by atoms with Crippen molar-refractivity contribution in [2.24, 2.45) is 0 Å². The van der Waals surface area contributed by atoms with Gasteiger partial charge in [-0.05, 0) is 26.0 Å². The molecule has 0 saturated heterocycles. The minimum Gasteiger partial charge on any atom is -0.424 e. The van der Waals surface area contributed by atoms with Crippen molar-refractivity contribution in [3.05, 3.63) is 24.3 Å². The van der Waals surface area contributed by atoms with Crippen LogP contribution in [0.15, 0.2) is 24.3 Å². The minimum atomic E-state index is -2.77. The molecule has 0 bridgehead atoms. The van der Waals surface area contributed by atoms with Gasteiger partial charge in [-0.3, -0.25) is 13.8 Å². The van der Waals surface area contributed by atoms with Crippen LogP contribution in [0.4, 0.5) is 5.69 Å². The fourth-order valence-corrected chi connectivity index (χ4v) is 3.44. The van der Waals surface area contributed by atoms with Crippen LogP contribution in [0.25, 0.3) is 0 Å². The Labute approximate surface area is 118 Å². The second kappa shape index (κ2) is 7.60. The smallest absolute Gasteiger partial charge is 0.380 e. The maximum atomic E-state index is 11.0. The quantitative estimate of drug-likeness (QED) is 0.783. The van der Waals surface area contributed by atoms with Crippen molar-refractivity contribution < 1.29 is 18.4 Å². The topological polar surface area (TPSA) is 56.8 Å². The van der Waals surface area contributed by atoms with Crippen molar-refractivity contribution in [3.8, 4) is 5.75 Å². The molecule has 19 heavy (non-hydrogen) atoms. The van der Waals surface area contributed by atoms with E-state index in [0.29, 0.717) is 24.7 Å². The van der Waals surface area contributed by atoms with Gasteiger partial charge in [0, 0.05) is 30.5 Å². The Bertz CT molecular complexity index is 471. The third kappa shape index (κ3) is 5.70. The van der Waals surface area contributed by atoms with Crippen LogP contribution in [-0.2, 0) is 25.6 Å². The van der Waals surface area contributed by atoms with E-state index in [0.717, 1.165) is 0 Å². The molecule has 1 N–H and O–H groups in total. The summed E-state index contributed by atoms with van der Waals surface area (Å²) in [6.07, 6.45) is 0. The molecule has 0 saturated carbocycles. The van der Waals surface area contributed by atoms with Gasteiger partial charge in [0.1, 0.15) is 5.75 Å². The SMILES string of the molecule is CCOP(=S)(OCC)Oc1cccc(NC(C)=O)c1. The molecule has 5 nitrogen and oxygen atoms in total. The summed E-state index contributed by atoms with van der Waals surface area (Å²) in [4.78, 5) is 11.0. The van der Waals surface area contributed by atoms with E-state index in [1.165, 1.54) is 6.92 Å². The van der Waals surface area contributed by atoms with Gasteiger partial charge in [-0.1, -0.05) is 6.07 Å². The maximum absolute atomic E-state index is 11.0. The molecule has 0 aliphatic heterocycles. The monoisotopic (exact) mass is 303 g/mol. The van der Waals surface area contributed by atoms with Crippen LogP contribution in [-0.4, -0.2) is 19.1 Å². The van der Waals surface area contributed by atoms with E-state index in [1.807, 2.05) is 13.8 Å². The lowest BCUT2D eigenvalue weighted by Gasteiger charge is -2.21. The number of amides is 1.